The molecule has 0 amide bonds. The first-order valence-electron chi connectivity index (χ1n) is 11.7. The van der Waals surface area contributed by atoms with E-state index in [1.807, 2.05) is 0 Å². The second-order valence-electron chi connectivity index (χ2n) is 11.4. The average Bonchev–Trinajstić information content (AvgIpc) is 2.98. The lowest BCUT2D eigenvalue weighted by molar-refractivity contribution is -0.174. The molecule has 0 aromatic rings. The molecular formula is C24H40O4. The Kier molecular flexibility index (Phi) is 5.36. The van der Waals surface area contributed by atoms with E-state index in [0.717, 1.165) is 32.1 Å². The van der Waals surface area contributed by atoms with Gasteiger partial charge in [-0.3, -0.25) is 4.79 Å². The SMILES string of the molecule is C[C@H](CCC(=O)O)C1CCC2C3C(CCC21C)C1(C)CC[C@@H](O)CC1C[C@H]3O. The van der Waals surface area contributed by atoms with Crippen LogP contribution in [0.25, 0.3) is 0 Å². The zero-order valence-corrected chi connectivity index (χ0v) is 17.9. The van der Waals surface area contributed by atoms with Crippen LogP contribution in [0, 0.1) is 46.3 Å². The third-order valence-electron chi connectivity index (χ3n) is 10.2. The minimum Gasteiger partial charge on any atom is -0.481 e. The molecule has 0 spiro atoms. The van der Waals surface area contributed by atoms with Crippen LogP contribution in [0.2, 0.25) is 0 Å². The van der Waals surface area contributed by atoms with Crippen molar-refractivity contribution in [3.05, 3.63) is 0 Å². The average molecular weight is 393 g/mol. The van der Waals surface area contributed by atoms with Gasteiger partial charge in [0.25, 0.3) is 0 Å². The Morgan fingerprint density at radius 2 is 1.68 bits per heavy atom. The van der Waals surface area contributed by atoms with Gasteiger partial charge in [-0.25, -0.2) is 0 Å². The van der Waals surface area contributed by atoms with Gasteiger partial charge in [0, 0.05) is 6.42 Å². The summed E-state index contributed by atoms with van der Waals surface area (Å²) in [5, 5.41) is 30.5. The molecule has 0 radical (unpaired) electrons. The first-order chi connectivity index (χ1) is 13.2. The first-order valence-corrected chi connectivity index (χ1v) is 11.7. The van der Waals surface area contributed by atoms with E-state index in [1.54, 1.807) is 0 Å². The number of fused-ring (bicyclic) bond motifs is 5. The van der Waals surface area contributed by atoms with Gasteiger partial charge in [0.2, 0.25) is 0 Å². The van der Waals surface area contributed by atoms with Gasteiger partial charge in [-0.2, -0.15) is 0 Å². The van der Waals surface area contributed by atoms with Gasteiger partial charge in [0.05, 0.1) is 12.2 Å². The molecule has 160 valence electrons. The van der Waals surface area contributed by atoms with Crippen molar-refractivity contribution in [2.75, 3.05) is 0 Å². The van der Waals surface area contributed by atoms with Crippen LogP contribution in [0.3, 0.4) is 0 Å². The molecule has 0 aromatic heterocycles. The third-order valence-corrected chi connectivity index (χ3v) is 10.2. The maximum absolute atomic E-state index is 11.2. The monoisotopic (exact) mass is 392 g/mol. The van der Waals surface area contributed by atoms with Gasteiger partial charge >= 0.3 is 5.97 Å². The molecule has 0 aliphatic heterocycles. The fraction of sp³-hybridized carbons (Fsp3) is 0.958. The standard InChI is InChI=1S/C24H40O4/c1-14(4-7-21(27)28)17-5-6-18-22-19(9-11-24(17,18)3)23(2)10-8-16(25)12-15(23)13-20(22)26/h14-20,22,25-26H,4-13H2,1-3H3,(H,27,28)/t14-,15?,16-,17?,18?,19?,20-,22?,23?,24?/m1/s1. The Bertz CT molecular complexity index is 605. The number of carboxylic acid groups (broad SMARTS) is 1. The fourth-order valence-electron chi connectivity index (χ4n) is 8.73. The molecule has 3 N–H and O–H groups in total. The number of carbonyl (C=O) groups is 1. The topological polar surface area (TPSA) is 77.8 Å². The summed E-state index contributed by atoms with van der Waals surface area (Å²) in [4.78, 5) is 11.1. The molecular weight excluding hydrogens is 352 g/mol. The Morgan fingerprint density at radius 3 is 2.39 bits per heavy atom. The molecule has 28 heavy (non-hydrogen) atoms. The summed E-state index contributed by atoms with van der Waals surface area (Å²) in [6, 6.07) is 0. The van der Waals surface area contributed by atoms with Gasteiger partial charge < -0.3 is 15.3 Å². The van der Waals surface area contributed by atoms with E-state index in [2.05, 4.69) is 20.8 Å². The van der Waals surface area contributed by atoms with Crippen molar-refractivity contribution in [2.24, 2.45) is 46.3 Å². The van der Waals surface area contributed by atoms with Crippen LogP contribution in [-0.4, -0.2) is 33.5 Å². The molecule has 4 aliphatic rings. The van der Waals surface area contributed by atoms with E-state index < -0.39 is 5.97 Å². The first kappa shape index (κ1) is 20.7. The van der Waals surface area contributed by atoms with E-state index >= 15 is 0 Å². The molecule has 4 aliphatic carbocycles. The van der Waals surface area contributed by atoms with Crippen LogP contribution in [-0.2, 0) is 4.79 Å². The fourth-order valence-corrected chi connectivity index (χ4v) is 8.73. The van der Waals surface area contributed by atoms with Gasteiger partial charge in [-0.05, 0) is 104 Å². The number of hydrogen-bond acceptors (Lipinski definition) is 3. The van der Waals surface area contributed by atoms with Crippen molar-refractivity contribution in [3.63, 3.8) is 0 Å². The molecule has 0 heterocycles. The summed E-state index contributed by atoms with van der Waals surface area (Å²) in [5.41, 5.74) is 0.523. The number of aliphatic hydroxyl groups is 2. The van der Waals surface area contributed by atoms with E-state index in [1.165, 1.54) is 25.7 Å². The molecule has 0 saturated heterocycles. The highest BCUT2D eigenvalue weighted by molar-refractivity contribution is 5.66. The van der Waals surface area contributed by atoms with Crippen molar-refractivity contribution in [3.8, 4) is 0 Å². The number of hydrogen-bond donors (Lipinski definition) is 3. The number of rotatable bonds is 4. The zero-order chi connectivity index (χ0) is 20.3. The lowest BCUT2D eigenvalue weighted by Gasteiger charge is -2.62. The van der Waals surface area contributed by atoms with Crippen LogP contribution in [0.1, 0.15) is 85.0 Å². The summed E-state index contributed by atoms with van der Waals surface area (Å²) < 4.78 is 0. The van der Waals surface area contributed by atoms with Crippen LogP contribution in [0.15, 0.2) is 0 Å². The van der Waals surface area contributed by atoms with Crippen LogP contribution in [0.4, 0.5) is 0 Å². The van der Waals surface area contributed by atoms with Crippen LogP contribution >= 0.6 is 0 Å². The van der Waals surface area contributed by atoms with Crippen molar-refractivity contribution < 1.29 is 20.1 Å². The Labute approximate surface area is 170 Å². The van der Waals surface area contributed by atoms with E-state index in [0.29, 0.717) is 35.5 Å². The molecule has 10 atom stereocenters. The molecule has 4 fully saturated rings. The van der Waals surface area contributed by atoms with Crippen molar-refractivity contribution >= 4 is 5.97 Å². The largest absolute Gasteiger partial charge is 0.481 e. The van der Waals surface area contributed by atoms with E-state index in [-0.39, 0.29) is 29.5 Å². The highest BCUT2D eigenvalue weighted by Crippen LogP contribution is 2.68. The summed E-state index contributed by atoms with van der Waals surface area (Å²) in [6.45, 7) is 7.16. The predicted octanol–water partition coefficient (Wildman–Crippen LogP) is 4.48. The Balaban J connectivity index is 1.55. The van der Waals surface area contributed by atoms with E-state index in [4.69, 9.17) is 5.11 Å². The van der Waals surface area contributed by atoms with Gasteiger partial charge in [-0.1, -0.05) is 20.8 Å². The number of aliphatic carboxylic acids is 1. The van der Waals surface area contributed by atoms with Crippen molar-refractivity contribution in [2.45, 2.75) is 97.2 Å². The highest BCUT2D eigenvalue weighted by Gasteiger charge is 2.62. The lowest BCUT2D eigenvalue weighted by atomic mass is 9.43. The predicted molar refractivity (Wildman–Crippen MR) is 109 cm³/mol. The maximum atomic E-state index is 11.2. The maximum Gasteiger partial charge on any atom is 0.303 e. The summed E-state index contributed by atoms with van der Waals surface area (Å²) in [7, 11) is 0. The molecule has 4 rings (SSSR count). The van der Waals surface area contributed by atoms with Gasteiger partial charge in [0.1, 0.15) is 0 Å². The normalized spacial score (nSPS) is 51.7. The molecule has 4 saturated carbocycles. The molecule has 7 unspecified atom stereocenters. The minimum absolute atomic E-state index is 0.179. The van der Waals surface area contributed by atoms with Crippen molar-refractivity contribution in [1.29, 1.82) is 0 Å². The summed E-state index contributed by atoms with van der Waals surface area (Å²) in [5.74, 6) is 2.36. The minimum atomic E-state index is -0.684. The summed E-state index contributed by atoms with van der Waals surface area (Å²) >= 11 is 0. The molecule has 0 bridgehead atoms. The van der Waals surface area contributed by atoms with Gasteiger partial charge in [0.15, 0.2) is 0 Å². The molecule has 0 aromatic carbocycles. The lowest BCUT2D eigenvalue weighted by Crippen LogP contribution is -2.58. The van der Waals surface area contributed by atoms with Crippen LogP contribution < -0.4 is 0 Å². The van der Waals surface area contributed by atoms with Crippen molar-refractivity contribution in [1.82, 2.24) is 0 Å². The second-order valence-corrected chi connectivity index (χ2v) is 11.4. The summed E-state index contributed by atoms with van der Waals surface area (Å²) in [6.07, 6.45) is 9.19. The third kappa shape index (κ3) is 3.14. The number of carboxylic acids is 1. The molecule has 4 heteroatoms. The zero-order valence-electron chi connectivity index (χ0n) is 17.9. The second kappa shape index (κ2) is 7.27. The Morgan fingerprint density at radius 1 is 1.00 bits per heavy atom. The Hall–Kier alpha value is -0.610. The van der Waals surface area contributed by atoms with Crippen LogP contribution in [0.5, 0.6) is 0 Å². The molecule has 4 nitrogen and oxygen atoms in total. The smallest absolute Gasteiger partial charge is 0.303 e. The van der Waals surface area contributed by atoms with E-state index in [9.17, 15) is 15.0 Å². The highest BCUT2D eigenvalue weighted by atomic mass is 16.4. The number of aliphatic hydroxyl groups excluding tert-OH is 2. The quantitative estimate of drug-likeness (QED) is 0.659. The van der Waals surface area contributed by atoms with Gasteiger partial charge in [-0.15, -0.1) is 0 Å².